The molecule has 0 spiro atoms. The van der Waals surface area contributed by atoms with Gasteiger partial charge in [0.15, 0.2) is 0 Å². The van der Waals surface area contributed by atoms with Crippen molar-refractivity contribution in [2.75, 3.05) is 19.7 Å². The summed E-state index contributed by atoms with van der Waals surface area (Å²) in [5, 5.41) is 13.0. The number of aliphatic hydroxyl groups is 1. The minimum Gasteiger partial charge on any atom is -0.492 e. The third kappa shape index (κ3) is 6.92. The normalized spacial score (nSPS) is 12.6. The number of benzene rings is 2. The van der Waals surface area contributed by atoms with E-state index in [2.05, 4.69) is 5.32 Å². The van der Waals surface area contributed by atoms with Gasteiger partial charge in [-0.2, -0.15) is 13.2 Å². The van der Waals surface area contributed by atoms with E-state index in [9.17, 15) is 23.1 Å². The number of aliphatic hydroxyl groups excluding tert-OH is 1. The van der Waals surface area contributed by atoms with Crippen molar-refractivity contribution in [1.29, 1.82) is 0 Å². The summed E-state index contributed by atoms with van der Waals surface area (Å²) in [5.41, 5.74) is 5.31. The average molecular weight is 382 g/mol. The van der Waals surface area contributed by atoms with Gasteiger partial charge in [-0.05, 0) is 35.4 Å². The molecule has 0 aliphatic rings. The molecular formula is C19H21F3N2O3. The van der Waals surface area contributed by atoms with Crippen molar-refractivity contribution in [1.82, 2.24) is 5.32 Å². The molecule has 5 nitrogen and oxygen atoms in total. The predicted octanol–water partition coefficient (Wildman–Crippen LogP) is 2.44. The van der Waals surface area contributed by atoms with Crippen molar-refractivity contribution in [3.63, 3.8) is 0 Å². The molecule has 2 aromatic rings. The molecule has 0 aromatic heterocycles. The molecule has 4 N–H and O–H groups in total. The van der Waals surface area contributed by atoms with Gasteiger partial charge in [-0.25, -0.2) is 0 Å². The lowest BCUT2D eigenvalue weighted by molar-refractivity contribution is -0.137. The Bertz CT molecular complexity index is 749. The maximum atomic E-state index is 12.7. The quantitative estimate of drug-likeness (QED) is 0.582. The summed E-state index contributed by atoms with van der Waals surface area (Å²) in [4.78, 5) is 10.8. The maximum absolute atomic E-state index is 12.7. The van der Waals surface area contributed by atoms with E-state index in [0.29, 0.717) is 18.9 Å². The van der Waals surface area contributed by atoms with Crippen molar-refractivity contribution in [2.24, 2.45) is 5.73 Å². The lowest BCUT2D eigenvalue weighted by Crippen LogP contribution is -2.26. The Labute approximate surface area is 154 Å². The third-order valence-electron chi connectivity index (χ3n) is 3.79. The molecule has 8 heteroatoms. The SMILES string of the molecule is NC(=O)Cc1ccc(OCCNC[C@H](O)c2cccc(C(F)(F)F)c2)cc1. The first-order chi connectivity index (χ1) is 12.8. The number of primary amides is 1. The van der Waals surface area contributed by atoms with E-state index in [1.165, 1.54) is 12.1 Å². The van der Waals surface area contributed by atoms with Crippen LogP contribution in [0.5, 0.6) is 5.75 Å². The number of carbonyl (C=O) groups is 1. The molecule has 1 atom stereocenters. The zero-order chi connectivity index (χ0) is 19.9. The van der Waals surface area contributed by atoms with E-state index in [-0.39, 0.29) is 18.5 Å². The standard InChI is InChI=1S/C19H21F3N2O3/c20-19(21,22)15-3-1-2-14(11-15)17(25)12-24-8-9-27-16-6-4-13(5-7-16)10-18(23)26/h1-7,11,17,24-25H,8-10,12H2,(H2,23,26)/t17-/m0/s1. The van der Waals surface area contributed by atoms with E-state index in [4.69, 9.17) is 10.5 Å². The summed E-state index contributed by atoms with van der Waals surface area (Å²) in [6, 6.07) is 11.5. The highest BCUT2D eigenvalue weighted by Gasteiger charge is 2.30. The summed E-state index contributed by atoms with van der Waals surface area (Å²) in [6.07, 6.45) is -5.33. The Balaban J connectivity index is 1.73. The maximum Gasteiger partial charge on any atom is 0.416 e. The zero-order valence-corrected chi connectivity index (χ0v) is 14.5. The smallest absolute Gasteiger partial charge is 0.416 e. The first-order valence-corrected chi connectivity index (χ1v) is 8.31. The Morgan fingerprint density at radius 3 is 2.52 bits per heavy atom. The van der Waals surface area contributed by atoms with Crippen LogP contribution in [0.25, 0.3) is 0 Å². The van der Waals surface area contributed by atoms with Gasteiger partial charge in [0.25, 0.3) is 0 Å². The number of amides is 1. The number of halogens is 3. The van der Waals surface area contributed by atoms with E-state index in [1.54, 1.807) is 24.3 Å². The molecule has 2 rings (SSSR count). The average Bonchev–Trinajstić information content (AvgIpc) is 2.61. The Morgan fingerprint density at radius 2 is 1.89 bits per heavy atom. The number of alkyl halides is 3. The van der Waals surface area contributed by atoms with Crippen molar-refractivity contribution < 1.29 is 27.8 Å². The molecule has 0 radical (unpaired) electrons. The number of rotatable bonds is 9. The van der Waals surface area contributed by atoms with Gasteiger partial charge in [-0.1, -0.05) is 24.3 Å². The van der Waals surface area contributed by atoms with Gasteiger partial charge < -0.3 is 20.9 Å². The van der Waals surface area contributed by atoms with Crippen LogP contribution in [0.3, 0.4) is 0 Å². The van der Waals surface area contributed by atoms with Crippen LogP contribution in [0.4, 0.5) is 13.2 Å². The summed E-state index contributed by atoms with van der Waals surface area (Å²) in [6.45, 7) is 0.811. The van der Waals surface area contributed by atoms with E-state index < -0.39 is 23.8 Å². The molecule has 0 saturated carbocycles. The number of ether oxygens (including phenoxy) is 1. The van der Waals surface area contributed by atoms with Crippen molar-refractivity contribution >= 4 is 5.91 Å². The molecule has 0 aliphatic heterocycles. The van der Waals surface area contributed by atoms with Gasteiger partial charge in [-0.3, -0.25) is 4.79 Å². The highest BCUT2D eigenvalue weighted by molar-refractivity contribution is 5.76. The van der Waals surface area contributed by atoms with Gasteiger partial charge in [0.2, 0.25) is 5.91 Å². The van der Waals surface area contributed by atoms with Crippen LogP contribution in [0.15, 0.2) is 48.5 Å². The molecule has 0 aliphatic carbocycles. The molecular weight excluding hydrogens is 361 g/mol. The fourth-order valence-electron chi connectivity index (χ4n) is 2.42. The van der Waals surface area contributed by atoms with Gasteiger partial charge in [-0.15, -0.1) is 0 Å². The molecule has 146 valence electrons. The monoisotopic (exact) mass is 382 g/mol. The fourth-order valence-corrected chi connectivity index (χ4v) is 2.42. The second kappa shape index (κ2) is 9.38. The van der Waals surface area contributed by atoms with Crippen LogP contribution in [-0.2, 0) is 17.4 Å². The fraction of sp³-hybridized carbons (Fsp3) is 0.316. The largest absolute Gasteiger partial charge is 0.492 e. The number of hydrogen-bond donors (Lipinski definition) is 3. The van der Waals surface area contributed by atoms with Crippen LogP contribution in [0.1, 0.15) is 22.8 Å². The highest BCUT2D eigenvalue weighted by atomic mass is 19.4. The third-order valence-corrected chi connectivity index (χ3v) is 3.79. The Morgan fingerprint density at radius 1 is 1.19 bits per heavy atom. The van der Waals surface area contributed by atoms with Gasteiger partial charge in [0.05, 0.1) is 18.1 Å². The summed E-state index contributed by atoms with van der Waals surface area (Å²) in [7, 11) is 0. The Hall–Kier alpha value is -2.58. The van der Waals surface area contributed by atoms with Crippen LogP contribution in [0.2, 0.25) is 0 Å². The summed E-state index contributed by atoms with van der Waals surface area (Å²) in [5.74, 6) is 0.204. The number of carbonyl (C=O) groups excluding carboxylic acids is 1. The van der Waals surface area contributed by atoms with Crippen LogP contribution >= 0.6 is 0 Å². The molecule has 0 heterocycles. The summed E-state index contributed by atoms with van der Waals surface area (Å²) < 4.78 is 43.6. The molecule has 2 aromatic carbocycles. The van der Waals surface area contributed by atoms with E-state index in [0.717, 1.165) is 17.7 Å². The van der Waals surface area contributed by atoms with E-state index >= 15 is 0 Å². The van der Waals surface area contributed by atoms with Crippen LogP contribution in [-0.4, -0.2) is 30.7 Å². The first-order valence-electron chi connectivity index (χ1n) is 8.31. The van der Waals surface area contributed by atoms with E-state index in [1.807, 2.05) is 0 Å². The van der Waals surface area contributed by atoms with Gasteiger partial charge in [0, 0.05) is 13.1 Å². The molecule has 0 saturated heterocycles. The number of nitrogens with one attached hydrogen (secondary N) is 1. The minimum absolute atomic E-state index is 0.0994. The van der Waals surface area contributed by atoms with Crippen molar-refractivity contribution in [2.45, 2.75) is 18.7 Å². The van der Waals surface area contributed by atoms with Crippen LogP contribution in [0, 0.1) is 0 Å². The Kier molecular flexibility index (Phi) is 7.20. The molecule has 1 amide bonds. The molecule has 0 bridgehead atoms. The minimum atomic E-state index is -4.44. The predicted molar refractivity (Wildman–Crippen MR) is 94.1 cm³/mol. The molecule has 0 fully saturated rings. The number of hydrogen-bond acceptors (Lipinski definition) is 4. The van der Waals surface area contributed by atoms with Gasteiger partial charge >= 0.3 is 6.18 Å². The number of nitrogens with two attached hydrogens (primary N) is 1. The van der Waals surface area contributed by atoms with Crippen molar-refractivity contribution in [3.8, 4) is 5.75 Å². The zero-order valence-electron chi connectivity index (χ0n) is 14.5. The molecule has 27 heavy (non-hydrogen) atoms. The van der Waals surface area contributed by atoms with Gasteiger partial charge in [0.1, 0.15) is 12.4 Å². The van der Waals surface area contributed by atoms with Crippen LogP contribution < -0.4 is 15.8 Å². The second-order valence-corrected chi connectivity index (χ2v) is 5.98. The highest BCUT2D eigenvalue weighted by Crippen LogP contribution is 2.30. The topological polar surface area (TPSA) is 84.6 Å². The molecule has 0 unspecified atom stereocenters. The lowest BCUT2D eigenvalue weighted by Gasteiger charge is -2.15. The summed E-state index contributed by atoms with van der Waals surface area (Å²) >= 11 is 0. The second-order valence-electron chi connectivity index (χ2n) is 5.98. The lowest BCUT2D eigenvalue weighted by atomic mass is 10.1. The van der Waals surface area contributed by atoms with Crippen molar-refractivity contribution in [3.05, 3.63) is 65.2 Å². The first kappa shape index (κ1) is 20.7.